The van der Waals surface area contributed by atoms with Gasteiger partial charge in [-0.05, 0) is 54.9 Å². The number of quaternary nitrogens is 1. The van der Waals surface area contributed by atoms with Gasteiger partial charge in [0.1, 0.15) is 12.3 Å². The van der Waals surface area contributed by atoms with Crippen LogP contribution in [0.4, 0.5) is 0 Å². The summed E-state index contributed by atoms with van der Waals surface area (Å²) in [6, 6.07) is 12.1. The number of rotatable bonds is 7. The van der Waals surface area contributed by atoms with Crippen molar-refractivity contribution in [1.29, 1.82) is 0 Å². The maximum absolute atomic E-state index is 5.60. The van der Waals surface area contributed by atoms with Gasteiger partial charge in [-0.2, -0.15) is 4.68 Å². The molecule has 1 unspecified atom stereocenters. The summed E-state index contributed by atoms with van der Waals surface area (Å²) in [6.07, 6.45) is 0. The van der Waals surface area contributed by atoms with Crippen LogP contribution in [0.1, 0.15) is 12.5 Å². The summed E-state index contributed by atoms with van der Waals surface area (Å²) >= 11 is 6.87. The lowest BCUT2D eigenvalue weighted by Crippen LogP contribution is -3.07. The molecule has 2 heterocycles. The predicted molar refractivity (Wildman–Crippen MR) is 96.8 cm³/mol. The van der Waals surface area contributed by atoms with Crippen molar-refractivity contribution in [3.8, 4) is 16.5 Å². The molecule has 0 aliphatic heterocycles. The first-order valence-electron chi connectivity index (χ1n) is 7.80. The molecule has 1 N–H and O–H groups in total. The van der Waals surface area contributed by atoms with E-state index in [1.54, 1.807) is 16.0 Å². The van der Waals surface area contributed by atoms with Gasteiger partial charge < -0.3 is 14.1 Å². The van der Waals surface area contributed by atoms with Crippen molar-refractivity contribution in [3.05, 3.63) is 52.2 Å². The summed E-state index contributed by atoms with van der Waals surface area (Å²) in [5.74, 6) is 1.49. The fraction of sp³-hybridized carbons (Fsp3) is 0.294. The largest absolute Gasteiger partial charge is 0.494 e. The molecular formula is C17H20N3O2S2+. The van der Waals surface area contributed by atoms with E-state index in [9.17, 15) is 0 Å². The lowest BCUT2D eigenvalue weighted by molar-refractivity contribution is -0.917. The molecule has 0 fully saturated rings. The van der Waals surface area contributed by atoms with Crippen LogP contribution in [-0.4, -0.2) is 23.4 Å². The van der Waals surface area contributed by atoms with Gasteiger partial charge in [-0.3, -0.25) is 0 Å². The molecular weight excluding hydrogens is 342 g/mol. The first-order chi connectivity index (χ1) is 11.7. The Morgan fingerprint density at radius 3 is 2.75 bits per heavy atom. The quantitative estimate of drug-likeness (QED) is 0.656. The molecule has 0 saturated heterocycles. The van der Waals surface area contributed by atoms with E-state index in [4.69, 9.17) is 21.4 Å². The first-order valence-corrected chi connectivity index (χ1v) is 9.09. The van der Waals surface area contributed by atoms with E-state index in [2.05, 4.69) is 24.3 Å². The summed E-state index contributed by atoms with van der Waals surface area (Å²) < 4.78 is 12.8. The van der Waals surface area contributed by atoms with Crippen molar-refractivity contribution >= 4 is 23.6 Å². The number of aromatic nitrogens is 2. The second-order valence-corrected chi connectivity index (χ2v) is 6.82. The zero-order valence-electron chi connectivity index (χ0n) is 13.7. The number of nitrogens with zero attached hydrogens (tertiary/aromatic N) is 2. The molecule has 3 rings (SSSR count). The Balaban J connectivity index is 1.64. The third kappa shape index (κ3) is 4.11. The molecule has 0 aliphatic carbocycles. The van der Waals surface area contributed by atoms with Crippen LogP contribution in [0.3, 0.4) is 0 Å². The Bertz CT molecular complexity index is 822. The Kier molecular flexibility index (Phi) is 5.44. The average molecular weight is 363 g/mol. The fourth-order valence-electron chi connectivity index (χ4n) is 2.44. The lowest BCUT2D eigenvalue weighted by atomic mass is 10.2. The van der Waals surface area contributed by atoms with E-state index in [0.717, 1.165) is 17.2 Å². The summed E-state index contributed by atoms with van der Waals surface area (Å²) in [6.45, 7) is 4.19. The molecule has 0 amide bonds. The van der Waals surface area contributed by atoms with Gasteiger partial charge in [0.15, 0.2) is 6.67 Å². The maximum atomic E-state index is 5.60. The van der Waals surface area contributed by atoms with Crippen molar-refractivity contribution in [3.63, 3.8) is 0 Å². The van der Waals surface area contributed by atoms with Crippen LogP contribution < -0.4 is 9.64 Å². The highest BCUT2D eigenvalue weighted by atomic mass is 32.1. The van der Waals surface area contributed by atoms with Gasteiger partial charge in [0, 0.05) is 5.56 Å². The van der Waals surface area contributed by atoms with E-state index < -0.39 is 0 Å². The molecule has 0 bridgehead atoms. The minimum Gasteiger partial charge on any atom is -0.494 e. The number of hydrogen-bond acceptors (Lipinski definition) is 5. The van der Waals surface area contributed by atoms with Crippen molar-refractivity contribution < 1.29 is 14.1 Å². The Hall–Kier alpha value is -1.96. The van der Waals surface area contributed by atoms with E-state index >= 15 is 0 Å². The minimum atomic E-state index is 0.407. The van der Waals surface area contributed by atoms with E-state index in [-0.39, 0.29) is 0 Å². The highest BCUT2D eigenvalue weighted by Crippen LogP contribution is 2.22. The summed E-state index contributed by atoms with van der Waals surface area (Å²) in [4.78, 5) is 2.66. The van der Waals surface area contributed by atoms with Crippen LogP contribution in [0.5, 0.6) is 5.75 Å². The van der Waals surface area contributed by atoms with Crippen LogP contribution in [-0.2, 0) is 13.2 Å². The molecule has 7 heteroatoms. The SMILES string of the molecule is CCOc1ccc(C[NH+](C)Cn2nc(-c3cccs3)oc2=S)cc1. The van der Waals surface area contributed by atoms with E-state index in [1.165, 1.54) is 10.5 Å². The van der Waals surface area contributed by atoms with Gasteiger partial charge in [0.05, 0.1) is 18.5 Å². The third-order valence-corrected chi connectivity index (χ3v) is 4.65. The van der Waals surface area contributed by atoms with Crippen LogP contribution in [0.15, 0.2) is 46.2 Å². The third-order valence-electron chi connectivity index (χ3n) is 3.50. The predicted octanol–water partition coefficient (Wildman–Crippen LogP) is 3.01. The molecule has 0 spiro atoms. The Labute approximate surface area is 150 Å². The van der Waals surface area contributed by atoms with Crippen LogP contribution in [0.2, 0.25) is 0 Å². The number of thiophene rings is 1. The standard InChI is InChI=1S/C17H19N3O2S2/c1-3-21-14-8-6-13(7-9-14)11-19(2)12-20-17(23)22-16(18-20)15-5-4-10-24-15/h4-10H,3,11-12H2,1-2H3/p+1. The molecule has 1 atom stereocenters. The Morgan fingerprint density at radius 2 is 2.08 bits per heavy atom. The molecule has 1 aromatic carbocycles. The van der Waals surface area contributed by atoms with Gasteiger partial charge in [-0.25, -0.2) is 0 Å². The van der Waals surface area contributed by atoms with Crippen molar-refractivity contribution in [1.82, 2.24) is 9.78 Å². The fourth-order valence-corrected chi connectivity index (χ4v) is 3.26. The van der Waals surface area contributed by atoms with Gasteiger partial charge >= 0.3 is 0 Å². The first kappa shape index (κ1) is 16.9. The topological polar surface area (TPSA) is 44.6 Å². The molecule has 0 aliphatic rings. The zero-order chi connectivity index (χ0) is 16.9. The molecule has 126 valence electrons. The van der Waals surface area contributed by atoms with Crippen molar-refractivity contribution in [2.75, 3.05) is 13.7 Å². The molecule has 5 nitrogen and oxygen atoms in total. The molecule has 0 saturated carbocycles. The summed E-state index contributed by atoms with van der Waals surface area (Å²) in [7, 11) is 2.11. The number of ether oxygens (including phenoxy) is 1. The van der Waals surface area contributed by atoms with Crippen LogP contribution in [0.25, 0.3) is 10.8 Å². The average Bonchev–Trinajstić information content (AvgIpc) is 3.20. The van der Waals surface area contributed by atoms with Gasteiger partial charge in [-0.15, -0.1) is 16.4 Å². The summed E-state index contributed by atoms with van der Waals surface area (Å²) in [5.41, 5.74) is 1.24. The number of nitrogens with one attached hydrogen (secondary N) is 1. The second kappa shape index (κ2) is 7.74. The van der Waals surface area contributed by atoms with E-state index in [1.807, 2.05) is 36.6 Å². The van der Waals surface area contributed by atoms with Gasteiger partial charge in [0.2, 0.25) is 0 Å². The van der Waals surface area contributed by atoms with Crippen LogP contribution >= 0.6 is 23.6 Å². The molecule has 3 aromatic rings. The monoisotopic (exact) mass is 362 g/mol. The maximum Gasteiger partial charge on any atom is 0.292 e. The van der Waals surface area contributed by atoms with Crippen LogP contribution in [0, 0.1) is 4.84 Å². The molecule has 24 heavy (non-hydrogen) atoms. The molecule has 2 aromatic heterocycles. The Morgan fingerprint density at radius 1 is 1.29 bits per heavy atom. The van der Waals surface area contributed by atoms with Crippen molar-refractivity contribution in [2.24, 2.45) is 0 Å². The second-order valence-electron chi connectivity index (χ2n) is 5.52. The minimum absolute atomic E-state index is 0.407. The smallest absolute Gasteiger partial charge is 0.292 e. The summed E-state index contributed by atoms with van der Waals surface area (Å²) in [5, 5.41) is 6.48. The lowest BCUT2D eigenvalue weighted by Gasteiger charge is -2.13. The highest BCUT2D eigenvalue weighted by molar-refractivity contribution is 7.71. The van der Waals surface area contributed by atoms with Gasteiger partial charge in [0.25, 0.3) is 10.7 Å². The van der Waals surface area contributed by atoms with E-state index in [0.29, 0.717) is 24.0 Å². The zero-order valence-corrected chi connectivity index (χ0v) is 15.3. The molecule has 0 radical (unpaired) electrons. The normalized spacial score (nSPS) is 12.2. The van der Waals surface area contributed by atoms with Gasteiger partial charge in [-0.1, -0.05) is 6.07 Å². The van der Waals surface area contributed by atoms with Crippen molar-refractivity contribution in [2.45, 2.75) is 20.1 Å². The number of hydrogen-bond donors (Lipinski definition) is 1. The number of benzene rings is 1. The highest BCUT2D eigenvalue weighted by Gasteiger charge is 2.12.